The summed E-state index contributed by atoms with van der Waals surface area (Å²) in [6.07, 6.45) is 0.778. The second-order valence-electron chi connectivity index (χ2n) is 7.44. The Labute approximate surface area is 169 Å². The number of carboxylic acids is 1. The molecule has 0 aromatic heterocycles. The van der Waals surface area contributed by atoms with Crippen molar-refractivity contribution in [1.29, 1.82) is 0 Å². The van der Waals surface area contributed by atoms with Gasteiger partial charge >= 0.3 is 13.1 Å². The molecule has 0 saturated carbocycles. The number of benzene rings is 1. The van der Waals surface area contributed by atoms with E-state index in [4.69, 9.17) is 14.4 Å². The van der Waals surface area contributed by atoms with Gasteiger partial charge in [0.05, 0.1) is 16.8 Å². The van der Waals surface area contributed by atoms with Crippen LogP contribution in [0.15, 0.2) is 5.47 Å². The summed E-state index contributed by atoms with van der Waals surface area (Å²) >= 11 is 0.780. The number of carboxylic acid groups (broad SMARTS) is 1. The Bertz CT molecular complexity index is 856. The van der Waals surface area contributed by atoms with E-state index in [1.54, 1.807) is 27.7 Å². The molecule has 0 bridgehead atoms. The van der Waals surface area contributed by atoms with E-state index in [0.717, 1.165) is 17.8 Å². The van der Waals surface area contributed by atoms with Gasteiger partial charge in [0.2, 0.25) is 0 Å². The summed E-state index contributed by atoms with van der Waals surface area (Å²) in [7, 11) is -1.14. The fourth-order valence-corrected chi connectivity index (χ4v) is 3.10. The summed E-state index contributed by atoms with van der Waals surface area (Å²) in [5.74, 6) is -10.1. The van der Waals surface area contributed by atoms with Crippen molar-refractivity contribution in [2.24, 2.45) is 0 Å². The summed E-state index contributed by atoms with van der Waals surface area (Å²) in [6.45, 7) is 8.18. The Morgan fingerprint density at radius 2 is 1.45 bits per heavy atom. The van der Waals surface area contributed by atoms with Gasteiger partial charge in [-0.2, -0.15) is 0 Å². The van der Waals surface area contributed by atoms with Crippen LogP contribution < -0.4 is 0 Å². The molecule has 0 atom stereocenters. The summed E-state index contributed by atoms with van der Waals surface area (Å²) in [6, 6.07) is 0. The standard InChI is InChI=1S/C18H19BF4O5S/c1-8(24)29-7-9(19-27-17(2,3)18(4,5)28-19)6-10-12(20)14(22)11(16(25)26)15(23)13(10)21/h6H,7H2,1-5H3,(H,25,26). The maximum atomic E-state index is 14.4. The Kier molecular flexibility index (Phi) is 6.56. The topological polar surface area (TPSA) is 72.8 Å². The number of thioether (sulfide) groups is 1. The first-order chi connectivity index (χ1) is 13.2. The molecule has 1 aromatic rings. The predicted molar refractivity (Wildman–Crippen MR) is 100 cm³/mol. The van der Waals surface area contributed by atoms with Crippen LogP contribution >= 0.6 is 11.8 Å². The van der Waals surface area contributed by atoms with Crippen LogP contribution in [0.3, 0.4) is 0 Å². The van der Waals surface area contributed by atoms with E-state index in [1.165, 1.54) is 6.92 Å². The first-order valence-corrected chi connectivity index (χ1v) is 9.47. The van der Waals surface area contributed by atoms with Crippen molar-refractivity contribution >= 4 is 36.0 Å². The average Bonchev–Trinajstić information content (AvgIpc) is 2.79. The normalized spacial score (nSPS) is 18.2. The molecule has 1 aromatic carbocycles. The number of aromatic carboxylic acids is 1. The van der Waals surface area contributed by atoms with Gasteiger partial charge in [-0.25, -0.2) is 22.4 Å². The Balaban J connectivity index is 2.61. The van der Waals surface area contributed by atoms with Gasteiger partial charge in [-0.05, 0) is 33.2 Å². The van der Waals surface area contributed by atoms with Gasteiger partial charge in [0.1, 0.15) is 5.56 Å². The quantitative estimate of drug-likeness (QED) is 0.425. The van der Waals surface area contributed by atoms with Crippen molar-refractivity contribution in [2.45, 2.75) is 45.8 Å². The second kappa shape index (κ2) is 8.12. The van der Waals surface area contributed by atoms with Crippen LogP contribution in [-0.2, 0) is 14.1 Å². The van der Waals surface area contributed by atoms with Crippen LogP contribution in [0.1, 0.15) is 50.5 Å². The minimum atomic E-state index is -2.15. The Morgan fingerprint density at radius 3 is 1.83 bits per heavy atom. The summed E-state index contributed by atoms with van der Waals surface area (Å²) < 4.78 is 68.4. The molecule has 1 N–H and O–H groups in total. The lowest BCUT2D eigenvalue weighted by Gasteiger charge is -2.32. The maximum Gasteiger partial charge on any atom is 0.491 e. The summed E-state index contributed by atoms with van der Waals surface area (Å²) in [4.78, 5) is 22.3. The predicted octanol–water partition coefficient (Wildman–Crippen LogP) is 4.24. The number of carbonyl (C=O) groups excluding carboxylic acids is 1. The van der Waals surface area contributed by atoms with Gasteiger partial charge in [-0.3, -0.25) is 4.79 Å². The third kappa shape index (κ3) is 4.51. The minimum Gasteiger partial charge on any atom is -0.477 e. The lowest BCUT2D eigenvalue weighted by Crippen LogP contribution is -2.41. The highest BCUT2D eigenvalue weighted by Gasteiger charge is 2.52. The fourth-order valence-electron chi connectivity index (χ4n) is 2.51. The van der Waals surface area contributed by atoms with Crippen molar-refractivity contribution in [3.05, 3.63) is 39.9 Å². The van der Waals surface area contributed by atoms with Gasteiger partial charge in [0.15, 0.2) is 28.4 Å². The molecule has 2 rings (SSSR count). The molecule has 0 spiro atoms. The molecule has 1 aliphatic rings. The Morgan fingerprint density at radius 1 is 1.00 bits per heavy atom. The van der Waals surface area contributed by atoms with Crippen molar-refractivity contribution in [1.82, 2.24) is 0 Å². The van der Waals surface area contributed by atoms with Crippen molar-refractivity contribution in [3.8, 4) is 0 Å². The maximum absolute atomic E-state index is 14.4. The van der Waals surface area contributed by atoms with E-state index < -0.39 is 58.7 Å². The molecule has 1 heterocycles. The zero-order valence-electron chi connectivity index (χ0n) is 16.4. The number of hydrogen-bond donors (Lipinski definition) is 1. The van der Waals surface area contributed by atoms with Crippen molar-refractivity contribution in [3.63, 3.8) is 0 Å². The van der Waals surface area contributed by atoms with E-state index in [9.17, 15) is 27.2 Å². The highest BCUT2D eigenvalue weighted by atomic mass is 32.2. The van der Waals surface area contributed by atoms with Gasteiger partial charge in [-0.1, -0.05) is 17.8 Å². The zero-order chi connectivity index (χ0) is 22.3. The lowest BCUT2D eigenvalue weighted by molar-refractivity contribution is -0.109. The molecule has 0 unspecified atom stereocenters. The molecule has 0 amide bonds. The highest BCUT2D eigenvalue weighted by Crippen LogP contribution is 2.40. The van der Waals surface area contributed by atoms with E-state index in [0.29, 0.717) is 0 Å². The first kappa shape index (κ1) is 23.4. The van der Waals surface area contributed by atoms with Crippen LogP contribution in [0.2, 0.25) is 0 Å². The van der Waals surface area contributed by atoms with Gasteiger partial charge in [0, 0.05) is 12.7 Å². The van der Waals surface area contributed by atoms with E-state index in [-0.39, 0.29) is 16.3 Å². The van der Waals surface area contributed by atoms with Crippen LogP contribution in [0.25, 0.3) is 6.08 Å². The van der Waals surface area contributed by atoms with E-state index in [2.05, 4.69) is 0 Å². The number of hydrogen-bond acceptors (Lipinski definition) is 5. The molecule has 5 nitrogen and oxygen atoms in total. The van der Waals surface area contributed by atoms with Gasteiger partial charge < -0.3 is 14.4 Å². The Hall–Kier alpha value is -1.85. The third-order valence-corrected chi connectivity index (χ3v) is 5.72. The highest BCUT2D eigenvalue weighted by molar-refractivity contribution is 8.13. The van der Waals surface area contributed by atoms with Crippen molar-refractivity contribution in [2.75, 3.05) is 5.75 Å². The summed E-state index contributed by atoms with van der Waals surface area (Å²) in [5, 5.41) is 8.48. The fraction of sp³-hybridized carbons (Fsp3) is 0.444. The molecule has 1 aliphatic heterocycles. The van der Waals surface area contributed by atoms with E-state index in [1.807, 2.05) is 0 Å². The average molecular weight is 434 g/mol. The lowest BCUT2D eigenvalue weighted by atomic mass is 9.78. The molecular weight excluding hydrogens is 415 g/mol. The summed E-state index contributed by atoms with van der Waals surface area (Å²) in [5.41, 5.74) is -4.45. The molecule has 29 heavy (non-hydrogen) atoms. The molecule has 11 heteroatoms. The third-order valence-electron chi connectivity index (χ3n) is 4.84. The SMILES string of the molecule is CC(=O)SCC(=Cc1c(F)c(F)c(C(=O)O)c(F)c1F)B1OC(C)(C)C(C)(C)O1. The molecule has 0 aliphatic carbocycles. The van der Waals surface area contributed by atoms with Gasteiger partial charge in [0.25, 0.3) is 0 Å². The monoisotopic (exact) mass is 434 g/mol. The first-order valence-electron chi connectivity index (χ1n) is 8.48. The molecule has 0 radical (unpaired) electrons. The second-order valence-corrected chi connectivity index (χ2v) is 8.59. The molecular formula is C18H19BF4O5S. The molecule has 158 valence electrons. The number of halogens is 4. The van der Waals surface area contributed by atoms with Crippen LogP contribution in [0, 0.1) is 23.3 Å². The van der Waals surface area contributed by atoms with Crippen molar-refractivity contribution < 1.29 is 41.6 Å². The molecule has 1 saturated heterocycles. The van der Waals surface area contributed by atoms with Crippen LogP contribution in [0.5, 0.6) is 0 Å². The van der Waals surface area contributed by atoms with E-state index >= 15 is 0 Å². The smallest absolute Gasteiger partial charge is 0.477 e. The minimum absolute atomic E-state index is 0.0449. The number of carbonyl (C=O) groups is 2. The number of rotatable bonds is 5. The van der Waals surface area contributed by atoms with Gasteiger partial charge in [-0.15, -0.1) is 0 Å². The van der Waals surface area contributed by atoms with Crippen LogP contribution in [-0.4, -0.2) is 40.3 Å². The van der Waals surface area contributed by atoms with Crippen LogP contribution in [0.4, 0.5) is 17.6 Å². The molecule has 1 fully saturated rings. The zero-order valence-corrected chi connectivity index (χ0v) is 17.2. The largest absolute Gasteiger partial charge is 0.491 e.